The second kappa shape index (κ2) is 7.91. The fourth-order valence-corrected chi connectivity index (χ4v) is 13.0. The lowest BCUT2D eigenvalue weighted by atomic mass is 10.1. The summed E-state index contributed by atoms with van der Waals surface area (Å²) in [5.74, 6) is 2.09. The molecule has 0 nitrogen and oxygen atoms in total. The highest BCUT2D eigenvalue weighted by Gasteiger charge is 2.40. The molecule has 1 aromatic carbocycles. The molecule has 0 spiro atoms. The van der Waals surface area contributed by atoms with Crippen molar-refractivity contribution >= 4 is 22.1 Å². The van der Waals surface area contributed by atoms with Gasteiger partial charge in [0.25, 0.3) is 0 Å². The summed E-state index contributed by atoms with van der Waals surface area (Å²) < 4.78 is 0. The Bertz CT molecular complexity index is 504. The molecular formula is C22H38Si2. The molecule has 24 heavy (non-hydrogen) atoms. The summed E-state index contributed by atoms with van der Waals surface area (Å²) >= 11 is 0. The number of benzene rings is 1. The van der Waals surface area contributed by atoms with Crippen molar-refractivity contribution in [3.05, 3.63) is 30.3 Å². The van der Waals surface area contributed by atoms with Gasteiger partial charge in [-0.15, -0.1) is 0 Å². The third-order valence-electron chi connectivity index (χ3n) is 6.84. The van der Waals surface area contributed by atoms with Crippen LogP contribution >= 0.6 is 0 Å². The Hall–Kier alpha value is -0.346. The molecule has 2 aliphatic carbocycles. The van der Waals surface area contributed by atoms with E-state index in [4.69, 9.17) is 0 Å². The Morgan fingerprint density at radius 1 is 0.875 bits per heavy atom. The predicted octanol–water partition coefficient (Wildman–Crippen LogP) is 6.21. The minimum atomic E-state index is -0.899. The van der Waals surface area contributed by atoms with Gasteiger partial charge in [-0.3, -0.25) is 0 Å². The highest BCUT2D eigenvalue weighted by atomic mass is 28.3. The summed E-state index contributed by atoms with van der Waals surface area (Å²) in [6.45, 7) is 10.1. The predicted molar refractivity (Wildman–Crippen MR) is 114 cm³/mol. The van der Waals surface area contributed by atoms with E-state index >= 15 is 0 Å². The second-order valence-electron chi connectivity index (χ2n) is 9.99. The molecule has 0 amide bonds. The molecule has 2 aliphatic rings. The largest absolute Gasteiger partial charge is 0.0769 e. The van der Waals surface area contributed by atoms with E-state index in [9.17, 15) is 0 Å². The zero-order valence-corrected chi connectivity index (χ0v) is 18.6. The maximum atomic E-state index is 2.56. The average Bonchev–Trinajstić information content (AvgIpc) is 3.17. The third kappa shape index (κ3) is 4.63. The summed E-state index contributed by atoms with van der Waals surface area (Å²) in [6, 6.07) is 13.4. The van der Waals surface area contributed by atoms with Crippen LogP contribution in [0.15, 0.2) is 30.3 Å². The quantitative estimate of drug-likeness (QED) is 0.530. The van der Waals surface area contributed by atoms with Gasteiger partial charge in [0, 0.05) is 8.07 Å². The first-order valence-corrected chi connectivity index (χ1v) is 16.1. The van der Waals surface area contributed by atoms with Crippen LogP contribution in [0.3, 0.4) is 0 Å². The molecule has 0 aliphatic heterocycles. The minimum absolute atomic E-state index is 0.840. The molecule has 5 atom stereocenters. The van der Waals surface area contributed by atoms with Crippen molar-refractivity contribution in [2.75, 3.05) is 0 Å². The van der Waals surface area contributed by atoms with Crippen LogP contribution in [0.5, 0.6) is 0 Å². The Kier molecular flexibility index (Phi) is 6.08. The number of rotatable bonds is 6. The Morgan fingerprint density at radius 3 is 2.00 bits per heavy atom. The summed E-state index contributed by atoms with van der Waals surface area (Å²) in [5.41, 5.74) is 2.18. The van der Waals surface area contributed by atoms with E-state index in [1.165, 1.54) is 19.3 Å². The van der Waals surface area contributed by atoms with Gasteiger partial charge in [-0.25, -0.2) is 0 Å². The average molecular weight is 359 g/mol. The molecule has 3 rings (SSSR count). The molecule has 5 unspecified atom stereocenters. The lowest BCUT2D eigenvalue weighted by molar-refractivity contribution is 0.529. The van der Waals surface area contributed by atoms with Gasteiger partial charge in [0.15, 0.2) is 0 Å². The van der Waals surface area contributed by atoms with Crippen molar-refractivity contribution in [1.29, 1.82) is 0 Å². The van der Waals surface area contributed by atoms with Gasteiger partial charge >= 0.3 is 0 Å². The summed E-state index contributed by atoms with van der Waals surface area (Å²) in [4.78, 5) is 0. The molecule has 0 aromatic heterocycles. The smallest absolute Gasteiger partial charge is 0.0695 e. The normalized spacial score (nSPS) is 32.2. The number of hydrogen-bond acceptors (Lipinski definition) is 0. The lowest BCUT2D eigenvalue weighted by Crippen LogP contribution is -2.38. The van der Waals surface area contributed by atoms with Crippen LogP contribution < -0.4 is 5.19 Å². The second-order valence-corrected chi connectivity index (χ2v) is 19.1. The van der Waals surface area contributed by atoms with Crippen LogP contribution in [0.4, 0.5) is 0 Å². The molecule has 0 radical (unpaired) electrons. The molecule has 0 saturated heterocycles. The van der Waals surface area contributed by atoms with Crippen LogP contribution in [0, 0.1) is 11.8 Å². The highest BCUT2D eigenvalue weighted by molar-refractivity contribution is 6.76. The van der Waals surface area contributed by atoms with E-state index < -0.39 is 16.9 Å². The molecular weight excluding hydrogens is 320 g/mol. The van der Waals surface area contributed by atoms with Crippen LogP contribution in [-0.4, -0.2) is 16.9 Å². The highest BCUT2D eigenvalue weighted by Crippen LogP contribution is 2.48. The topological polar surface area (TPSA) is 0 Å². The van der Waals surface area contributed by atoms with Crippen molar-refractivity contribution < 1.29 is 0 Å². The third-order valence-corrected chi connectivity index (χ3v) is 13.0. The first-order valence-electron chi connectivity index (χ1n) is 10.5. The molecule has 134 valence electrons. The van der Waals surface area contributed by atoms with E-state index in [-0.39, 0.29) is 0 Å². The summed E-state index contributed by atoms with van der Waals surface area (Å²) in [6.07, 6.45) is 10.7. The Labute approximate surface area is 153 Å². The van der Waals surface area contributed by atoms with Gasteiger partial charge in [0.05, 0.1) is 8.80 Å². The van der Waals surface area contributed by atoms with Crippen molar-refractivity contribution in [3.63, 3.8) is 0 Å². The fraction of sp³-hybridized carbons (Fsp3) is 0.727. The van der Waals surface area contributed by atoms with Gasteiger partial charge < -0.3 is 0 Å². The van der Waals surface area contributed by atoms with E-state index in [0.29, 0.717) is 0 Å². The molecule has 2 fully saturated rings. The van der Waals surface area contributed by atoms with E-state index in [1.54, 1.807) is 36.9 Å². The van der Waals surface area contributed by atoms with E-state index in [0.717, 1.165) is 22.9 Å². The van der Waals surface area contributed by atoms with Crippen molar-refractivity contribution in [1.82, 2.24) is 0 Å². The SMILES string of the molecule is CCC1CCC([SiH](c2ccccc2)C2CCC(C[Si](C)(C)C)C2)C1. The summed E-state index contributed by atoms with van der Waals surface area (Å²) in [5, 5.41) is 1.79. The Balaban J connectivity index is 1.74. The molecule has 0 bridgehead atoms. The molecule has 1 aromatic rings. The van der Waals surface area contributed by atoms with Crippen molar-refractivity contribution in [2.24, 2.45) is 11.8 Å². The van der Waals surface area contributed by atoms with Crippen LogP contribution in [0.2, 0.25) is 36.8 Å². The van der Waals surface area contributed by atoms with Gasteiger partial charge in [0.1, 0.15) is 0 Å². The minimum Gasteiger partial charge on any atom is -0.0695 e. The van der Waals surface area contributed by atoms with Crippen LogP contribution in [0.25, 0.3) is 0 Å². The summed E-state index contributed by atoms with van der Waals surface area (Å²) in [7, 11) is -1.74. The van der Waals surface area contributed by atoms with Crippen molar-refractivity contribution in [2.45, 2.75) is 88.6 Å². The first-order chi connectivity index (χ1) is 11.5. The van der Waals surface area contributed by atoms with Crippen LogP contribution in [-0.2, 0) is 0 Å². The zero-order valence-electron chi connectivity index (χ0n) is 16.4. The van der Waals surface area contributed by atoms with E-state index in [1.807, 2.05) is 0 Å². The molecule has 0 heterocycles. The molecule has 2 saturated carbocycles. The van der Waals surface area contributed by atoms with Gasteiger partial charge in [-0.2, -0.15) is 0 Å². The van der Waals surface area contributed by atoms with Gasteiger partial charge in [0.2, 0.25) is 0 Å². The van der Waals surface area contributed by atoms with Gasteiger partial charge in [-0.05, 0) is 29.3 Å². The zero-order chi connectivity index (χ0) is 17.2. The maximum Gasteiger partial charge on any atom is 0.0769 e. The first kappa shape index (κ1) is 18.4. The monoisotopic (exact) mass is 358 g/mol. The Morgan fingerprint density at radius 2 is 1.46 bits per heavy atom. The number of hydrogen-bond donors (Lipinski definition) is 0. The molecule has 2 heteroatoms. The lowest BCUT2D eigenvalue weighted by Gasteiger charge is -2.29. The van der Waals surface area contributed by atoms with Crippen molar-refractivity contribution in [3.8, 4) is 0 Å². The van der Waals surface area contributed by atoms with E-state index in [2.05, 4.69) is 56.9 Å². The standard InChI is InChI=1S/C22H38Si2/c1-5-18-11-13-21(15-18)23(20-9-7-6-8-10-20)22-14-12-19(16-22)17-24(2,3)4/h6-10,18-19,21-23H,5,11-17H2,1-4H3. The van der Waals surface area contributed by atoms with Gasteiger partial charge in [-0.1, -0.05) is 107 Å². The van der Waals surface area contributed by atoms with Crippen LogP contribution in [0.1, 0.15) is 51.9 Å². The fourth-order valence-electron chi connectivity index (χ4n) is 5.91. The molecule has 0 N–H and O–H groups in total. The maximum absolute atomic E-state index is 2.56.